The second-order valence-corrected chi connectivity index (χ2v) is 8.13. The fourth-order valence-electron chi connectivity index (χ4n) is 3.86. The van der Waals surface area contributed by atoms with Gasteiger partial charge < -0.3 is 10.2 Å². The van der Waals surface area contributed by atoms with Gasteiger partial charge in [-0.25, -0.2) is 4.39 Å². The molecule has 1 fully saturated rings. The van der Waals surface area contributed by atoms with Crippen molar-refractivity contribution >= 4 is 11.8 Å². The molecule has 0 radical (unpaired) electrons. The molecule has 1 N–H and O–H groups in total. The standard InChI is InChI=1S/C25H31FN2O2/c1-3-4-5-14-27-24(29)20-12-15-28(16-13-20)25(30)22-11-10-21(17-23(22)26)19-8-6-18(2)7-9-19/h6-11,17,20H,3-5,12-16H2,1-2H3,(H,27,29). The number of hydrogen-bond acceptors (Lipinski definition) is 2. The summed E-state index contributed by atoms with van der Waals surface area (Å²) in [6.07, 6.45) is 4.47. The number of nitrogens with zero attached hydrogens (tertiary/aromatic N) is 1. The van der Waals surface area contributed by atoms with E-state index in [1.54, 1.807) is 17.0 Å². The first-order valence-corrected chi connectivity index (χ1v) is 10.9. The Labute approximate surface area is 178 Å². The van der Waals surface area contributed by atoms with E-state index < -0.39 is 5.82 Å². The van der Waals surface area contributed by atoms with Crippen molar-refractivity contribution in [2.24, 2.45) is 5.92 Å². The van der Waals surface area contributed by atoms with Crippen LogP contribution in [0.15, 0.2) is 42.5 Å². The predicted octanol–water partition coefficient (Wildman–Crippen LogP) is 4.96. The van der Waals surface area contributed by atoms with Gasteiger partial charge in [-0.05, 0) is 49.4 Å². The Balaban J connectivity index is 1.57. The van der Waals surface area contributed by atoms with Gasteiger partial charge >= 0.3 is 0 Å². The Morgan fingerprint density at radius 1 is 1.03 bits per heavy atom. The van der Waals surface area contributed by atoms with E-state index in [9.17, 15) is 14.0 Å². The molecule has 1 aliphatic rings. The number of rotatable bonds is 7. The van der Waals surface area contributed by atoms with Crippen molar-refractivity contribution in [1.29, 1.82) is 0 Å². The van der Waals surface area contributed by atoms with Crippen molar-refractivity contribution in [3.05, 3.63) is 59.4 Å². The summed E-state index contributed by atoms with van der Waals surface area (Å²) in [5.41, 5.74) is 2.91. The lowest BCUT2D eigenvalue weighted by atomic mass is 9.95. The molecule has 2 amide bonds. The molecule has 1 aliphatic heterocycles. The lowest BCUT2D eigenvalue weighted by Gasteiger charge is -2.31. The third kappa shape index (κ3) is 5.47. The number of nitrogens with one attached hydrogen (secondary N) is 1. The van der Waals surface area contributed by atoms with Crippen LogP contribution in [0.4, 0.5) is 4.39 Å². The Hall–Kier alpha value is -2.69. The van der Waals surface area contributed by atoms with Gasteiger partial charge in [0.15, 0.2) is 0 Å². The van der Waals surface area contributed by atoms with E-state index in [0.29, 0.717) is 32.5 Å². The van der Waals surface area contributed by atoms with E-state index in [4.69, 9.17) is 0 Å². The summed E-state index contributed by atoms with van der Waals surface area (Å²) >= 11 is 0. The van der Waals surface area contributed by atoms with Crippen LogP contribution in [0.5, 0.6) is 0 Å². The summed E-state index contributed by atoms with van der Waals surface area (Å²) in [5, 5.41) is 2.99. The number of carbonyl (C=O) groups is 2. The summed E-state index contributed by atoms with van der Waals surface area (Å²) in [5.74, 6) is -0.796. The fraction of sp³-hybridized carbons (Fsp3) is 0.440. The molecule has 0 aliphatic carbocycles. The van der Waals surface area contributed by atoms with Gasteiger partial charge in [-0.15, -0.1) is 0 Å². The average molecular weight is 411 g/mol. The van der Waals surface area contributed by atoms with Crippen LogP contribution in [0.2, 0.25) is 0 Å². The van der Waals surface area contributed by atoms with Gasteiger partial charge in [-0.2, -0.15) is 0 Å². The second kappa shape index (κ2) is 10.4. The number of likely N-dealkylation sites (tertiary alicyclic amines) is 1. The van der Waals surface area contributed by atoms with Gasteiger partial charge in [-0.1, -0.05) is 55.7 Å². The van der Waals surface area contributed by atoms with Crippen LogP contribution in [-0.4, -0.2) is 36.3 Å². The van der Waals surface area contributed by atoms with E-state index in [0.717, 1.165) is 36.0 Å². The largest absolute Gasteiger partial charge is 0.356 e. The Bertz CT molecular complexity index is 871. The maximum atomic E-state index is 14.7. The molecule has 0 aromatic heterocycles. The number of halogens is 1. The Morgan fingerprint density at radius 2 is 1.70 bits per heavy atom. The fourth-order valence-corrected chi connectivity index (χ4v) is 3.86. The Morgan fingerprint density at radius 3 is 2.33 bits per heavy atom. The summed E-state index contributed by atoms with van der Waals surface area (Å²) < 4.78 is 14.7. The van der Waals surface area contributed by atoms with Gasteiger partial charge in [-0.3, -0.25) is 9.59 Å². The molecule has 2 aromatic rings. The number of benzene rings is 2. The lowest BCUT2D eigenvalue weighted by molar-refractivity contribution is -0.126. The second-order valence-electron chi connectivity index (χ2n) is 8.13. The van der Waals surface area contributed by atoms with Crippen LogP contribution in [0.1, 0.15) is 54.9 Å². The van der Waals surface area contributed by atoms with Crippen molar-refractivity contribution < 1.29 is 14.0 Å². The minimum Gasteiger partial charge on any atom is -0.356 e. The van der Waals surface area contributed by atoms with Gasteiger partial charge in [0.2, 0.25) is 5.91 Å². The van der Waals surface area contributed by atoms with Crippen molar-refractivity contribution in [3.8, 4) is 11.1 Å². The third-order valence-corrected chi connectivity index (χ3v) is 5.82. The molecule has 0 atom stereocenters. The van der Waals surface area contributed by atoms with Crippen LogP contribution in [0.25, 0.3) is 11.1 Å². The average Bonchev–Trinajstić information content (AvgIpc) is 2.76. The molecule has 160 valence electrons. The zero-order valence-electron chi connectivity index (χ0n) is 17.9. The number of aryl methyl sites for hydroxylation is 1. The van der Waals surface area contributed by atoms with Gasteiger partial charge in [0.05, 0.1) is 5.56 Å². The first-order chi connectivity index (χ1) is 14.5. The smallest absolute Gasteiger partial charge is 0.256 e. The quantitative estimate of drug-likeness (QED) is 0.656. The third-order valence-electron chi connectivity index (χ3n) is 5.82. The van der Waals surface area contributed by atoms with E-state index >= 15 is 0 Å². The molecule has 4 nitrogen and oxygen atoms in total. The van der Waals surface area contributed by atoms with Crippen molar-refractivity contribution in [2.45, 2.75) is 46.0 Å². The molecule has 1 heterocycles. The summed E-state index contributed by atoms with van der Waals surface area (Å²) in [6.45, 7) is 5.80. The number of hydrogen-bond donors (Lipinski definition) is 1. The highest BCUT2D eigenvalue weighted by Crippen LogP contribution is 2.25. The van der Waals surface area contributed by atoms with E-state index in [1.807, 2.05) is 31.2 Å². The molecule has 1 saturated heterocycles. The highest BCUT2D eigenvalue weighted by molar-refractivity contribution is 5.95. The zero-order valence-corrected chi connectivity index (χ0v) is 17.9. The van der Waals surface area contributed by atoms with Crippen molar-refractivity contribution in [1.82, 2.24) is 10.2 Å². The molecule has 5 heteroatoms. The SMILES string of the molecule is CCCCCNC(=O)C1CCN(C(=O)c2ccc(-c3ccc(C)cc3)cc2F)CC1. The van der Waals surface area contributed by atoms with Gasteiger partial charge in [0.1, 0.15) is 5.82 Å². The van der Waals surface area contributed by atoms with Crippen LogP contribution in [0.3, 0.4) is 0 Å². The number of carbonyl (C=O) groups excluding carboxylic acids is 2. The normalized spacial score (nSPS) is 14.6. The molecule has 0 saturated carbocycles. The lowest BCUT2D eigenvalue weighted by Crippen LogP contribution is -2.43. The van der Waals surface area contributed by atoms with Crippen LogP contribution >= 0.6 is 0 Å². The Kier molecular flexibility index (Phi) is 7.61. The highest BCUT2D eigenvalue weighted by atomic mass is 19.1. The van der Waals surface area contributed by atoms with E-state index in [1.165, 1.54) is 6.07 Å². The van der Waals surface area contributed by atoms with Gasteiger partial charge in [0, 0.05) is 25.6 Å². The molecule has 3 rings (SSSR count). The molecule has 0 unspecified atom stereocenters. The molecule has 2 aromatic carbocycles. The first-order valence-electron chi connectivity index (χ1n) is 10.9. The number of amides is 2. The maximum Gasteiger partial charge on any atom is 0.256 e. The minimum atomic E-state index is -0.506. The molecule has 30 heavy (non-hydrogen) atoms. The summed E-state index contributed by atoms with van der Waals surface area (Å²) in [4.78, 5) is 26.8. The molecule has 0 bridgehead atoms. The monoisotopic (exact) mass is 410 g/mol. The van der Waals surface area contributed by atoms with E-state index in [2.05, 4.69) is 12.2 Å². The zero-order chi connectivity index (χ0) is 21.5. The minimum absolute atomic E-state index is 0.0653. The molecular weight excluding hydrogens is 379 g/mol. The molecule has 0 spiro atoms. The molecular formula is C25H31FN2O2. The number of unbranched alkanes of at least 4 members (excludes halogenated alkanes) is 2. The predicted molar refractivity (Wildman–Crippen MR) is 118 cm³/mol. The van der Waals surface area contributed by atoms with Crippen molar-refractivity contribution in [3.63, 3.8) is 0 Å². The van der Waals surface area contributed by atoms with Gasteiger partial charge in [0.25, 0.3) is 5.91 Å². The van der Waals surface area contributed by atoms with Crippen LogP contribution in [0, 0.1) is 18.7 Å². The van der Waals surface area contributed by atoms with Crippen LogP contribution < -0.4 is 5.32 Å². The summed E-state index contributed by atoms with van der Waals surface area (Å²) in [6, 6.07) is 12.6. The topological polar surface area (TPSA) is 49.4 Å². The highest BCUT2D eigenvalue weighted by Gasteiger charge is 2.28. The summed E-state index contributed by atoms with van der Waals surface area (Å²) in [7, 11) is 0. The maximum absolute atomic E-state index is 14.7. The van der Waals surface area contributed by atoms with Crippen LogP contribution in [-0.2, 0) is 4.79 Å². The first kappa shape index (κ1) is 22.0. The van der Waals surface area contributed by atoms with E-state index in [-0.39, 0.29) is 23.3 Å². The number of piperidine rings is 1. The van der Waals surface area contributed by atoms with Crippen molar-refractivity contribution in [2.75, 3.05) is 19.6 Å².